The fraction of sp³-hybridized carbons (Fsp3) is 0.667. The number of carbonyl (C=O) groups excluding carboxylic acids is 1. The highest BCUT2D eigenvalue weighted by atomic mass is 35.5. The lowest BCUT2D eigenvalue weighted by atomic mass is 9.63. The number of sulfonamides is 1. The van der Waals surface area contributed by atoms with Gasteiger partial charge in [0.25, 0.3) is 5.91 Å². The Labute approximate surface area is 337 Å². The first kappa shape index (κ1) is 40.0. The van der Waals surface area contributed by atoms with Gasteiger partial charge in [-0.3, -0.25) is 14.6 Å². The van der Waals surface area contributed by atoms with E-state index >= 15 is 0 Å². The number of halogens is 1. The van der Waals surface area contributed by atoms with Crippen LogP contribution in [0.3, 0.4) is 0 Å². The third-order valence-electron chi connectivity index (χ3n) is 13.8. The first-order chi connectivity index (χ1) is 27.0. The number of nitrogens with one attached hydrogen (secondary N) is 1. The van der Waals surface area contributed by atoms with Gasteiger partial charge in [-0.1, -0.05) is 36.7 Å². The Morgan fingerprint density at radius 2 is 1.98 bits per heavy atom. The van der Waals surface area contributed by atoms with E-state index in [1.54, 1.807) is 19.2 Å². The summed E-state index contributed by atoms with van der Waals surface area (Å²) in [5, 5.41) is -0.134. The van der Waals surface area contributed by atoms with Gasteiger partial charge in [0, 0.05) is 83.1 Å². The summed E-state index contributed by atoms with van der Waals surface area (Å²) in [5.41, 5.74) is 1.61. The van der Waals surface area contributed by atoms with E-state index in [0.29, 0.717) is 43.7 Å². The van der Waals surface area contributed by atoms with Crippen LogP contribution in [0.25, 0.3) is 0 Å². The van der Waals surface area contributed by atoms with Crippen LogP contribution in [0.4, 0.5) is 5.82 Å². The van der Waals surface area contributed by atoms with E-state index in [9.17, 15) is 13.2 Å². The largest absolute Gasteiger partial charge is 0.489 e. The summed E-state index contributed by atoms with van der Waals surface area (Å²) < 4.78 is 55.2. The molecule has 56 heavy (non-hydrogen) atoms. The maximum Gasteiger partial charge on any atom is 0.283 e. The molecule has 0 radical (unpaired) electrons. The molecule has 2 aliphatic carbocycles. The Balaban J connectivity index is 1.20. The summed E-state index contributed by atoms with van der Waals surface area (Å²) in [4.78, 5) is 26.2. The zero-order chi connectivity index (χ0) is 39.1. The topological polar surface area (TPSA) is 123 Å². The number of morpholine rings is 1. The minimum absolute atomic E-state index is 0.0417. The van der Waals surface area contributed by atoms with E-state index in [1.165, 1.54) is 11.1 Å². The van der Waals surface area contributed by atoms with Crippen LogP contribution in [0.1, 0.15) is 67.1 Å². The van der Waals surface area contributed by atoms with E-state index in [-0.39, 0.29) is 41.9 Å². The molecule has 1 amide bonds. The number of fused-ring (bicyclic) bond motifs is 5. The Morgan fingerprint density at radius 3 is 2.79 bits per heavy atom. The number of piperazine rings is 1. The minimum Gasteiger partial charge on any atom is -0.489 e. The molecule has 7 atom stereocenters. The molecule has 14 heteroatoms. The number of ether oxygens (including phenoxy) is 4. The van der Waals surface area contributed by atoms with Crippen molar-refractivity contribution >= 4 is 33.3 Å². The predicted molar refractivity (Wildman–Crippen MR) is 216 cm³/mol. The zero-order valence-electron chi connectivity index (χ0n) is 33.1. The molecule has 1 aromatic carbocycles. The van der Waals surface area contributed by atoms with Crippen LogP contribution in [0.2, 0.25) is 5.02 Å². The number of hydrogen-bond donors (Lipinski definition) is 1. The van der Waals surface area contributed by atoms with E-state index in [4.69, 9.17) is 35.5 Å². The summed E-state index contributed by atoms with van der Waals surface area (Å²) in [6, 6.07) is 9.95. The van der Waals surface area contributed by atoms with Crippen molar-refractivity contribution in [3.63, 3.8) is 0 Å². The van der Waals surface area contributed by atoms with E-state index in [2.05, 4.69) is 43.7 Å². The van der Waals surface area contributed by atoms with Gasteiger partial charge in [0.05, 0.1) is 25.1 Å². The third-order valence-corrected chi connectivity index (χ3v) is 16.0. The van der Waals surface area contributed by atoms with Gasteiger partial charge in [-0.05, 0) is 98.1 Å². The number of carbonyl (C=O) groups is 1. The molecule has 306 valence electrons. The summed E-state index contributed by atoms with van der Waals surface area (Å²) in [6.07, 6.45) is 10.1. The molecule has 8 rings (SSSR count). The molecule has 5 heterocycles. The van der Waals surface area contributed by atoms with Crippen molar-refractivity contribution in [2.24, 2.45) is 17.8 Å². The summed E-state index contributed by atoms with van der Waals surface area (Å²) in [7, 11) is -0.714. The summed E-state index contributed by atoms with van der Waals surface area (Å²) >= 11 is 6.52. The number of aromatic nitrogens is 1. The van der Waals surface area contributed by atoms with Gasteiger partial charge in [0.15, 0.2) is 11.6 Å². The van der Waals surface area contributed by atoms with E-state index in [0.717, 1.165) is 83.1 Å². The number of nitrogens with zero attached hydrogens (tertiary/aromatic N) is 4. The highest BCUT2D eigenvalue weighted by Gasteiger charge is 2.50. The fourth-order valence-corrected chi connectivity index (χ4v) is 12.4. The average Bonchev–Trinajstić information content (AvgIpc) is 3.32. The second kappa shape index (κ2) is 16.5. The van der Waals surface area contributed by atoms with Gasteiger partial charge < -0.3 is 23.8 Å². The molecule has 12 nitrogen and oxygen atoms in total. The molecule has 2 saturated heterocycles. The number of pyridine rings is 1. The molecule has 1 spiro atoms. The third kappa shape index (κ3) is 7.86. The summed E-state index contributed by atoms with van der Waals surface area (Å²) in [6.45, 7) is 10.1. The smallest absolute Gasteiger partial charge is 0.283 e. The number of allylic oxidation sites excluding steroid dienone is 1. The minimum atomic E-state index is -4.11. The number of anilines is 1. The molecule has 3 fully saturated rings. The molecule has 2 aromatic rings. The molecule has 1 aromatic heterocycles. The standard InChI is InChI=1S/C42H58ClN5O7S/c1-29-6-4-16-42(53-3,27-46-17-18-47-19-21-54-25-33(47)24-46)35-10-8-31(35)23-48-26-41(15-5-7-30-22-32(43)9-11-34(30)41)28-55-37-13-12-36(44-39(37)48)40(49)45-56(50,51)38(29)14-20-52-2/h4,9,11-13,16,22,29,31,33,35,38H,5-8,10,14-15,17-21,23-28H2,1-3H3,(H,45,49)/b16-4+/t29-,31-,33-,35+,38-,41-,42+/m0/s1. The van der Waals surface area contributed by atoms with Crippen LogP contribution < -0.4 is 14.4 Å². The van der Waals surface area contributed by atoms with Crippen LogP contribution in [0, 0.1) is 17.8 Å². The molecule has 4 aliphatic heterocycles. The molecule has 2 bridgehead atoms. The zero-order valence-corrected chi connectivity index (χ0v) is 34.7. The second-order valence-corrected chi connectivity index (χ2v) is 19.5. The van der Waals surface area contributed by atoms with Crippen LogP contribution in [0.5, 0.6) is 5.75 Å². The SMILES string of the molecule is COCC[C@H]1[C@@H](C)C/C=C/[C@](CN2CCN3CCOC[C@@H]3C2)(OC)[C@@H]2CC[C@H]2CN2C[C@@]3(CCCc4cc(Cl)ccc43)COc3ccc(nc32)C(=O)NS1(=O)=O. The molecule has 0 unspecified atom stereocenters. The quantitative estimate of drug-likeness (QED) is 0.409. The number of benzene rings is 1. The average molecular weight is 812 g/mol. The van der Waals surface area contributed by atoms with Gasteiger partial charge in [-0.25, -0.2) is 18.1 Å². The van der Waals surface area contributed by atoms with Crippen LogP contribution in [0.15, 0.2) is 42.5 Å². The van der Waals surface area contributed by atoms with Crippen LogP contribution in [-0.4, -0.2) is 132 Å². The number of amides is 1. The van der Waals surface area contributed by atoms with Crippen LogP contribution in [-0.2, 0) is 36.1 Å². The van der Waals surface area contributed by atoms with Crippen molar-refractivity contribution in [3.05, 3.63) is 64.3 Å². The van der Waals surface area contributed by atoms with Crippen molar-refractivity contribution in [1.82, 2.24) is 19.5 Å². The lowest BCUT2D eigenvalue weighted by molar-refractivity contribution is -0.108. The van der Waals surface area contributed by atoms with Gasteiger partial charge in [-0.2, -0.15) is 0 Å². The molecular formula is C42H58ClN5O7S. The Kier molecular flexibility index (Phi) is 11.8. The van der Waals surface area contributed by atoms with Gasteiger partial charge >= 0.3 is 0 Å². The molecule has 1 saturated carbocycles. The monoisotopic (exact) mass is 811 g/mol. The number of aryl methyl sites for hydroxylation is 1. The van der Waals surface area contributed by atoms with Crippen molar-refractivity contribution < 1.29 is 32.2 Å². The Bertz CT molecular complexity index is 1900. The normalized spacial score (nSPS) is 34.2. The van der Waals surface area contributed by atoms with Crippen LogP contribution >= 0.6 is 11.6 Å². The highest BCUT2D eigenvalue weighted by Crippen LogP contribution is 2.49. The Hall–Kier alpha value is -2.78. The van der Waals surface area contributed by atoms with E-state index in [1.807, 2.05) is 20.1 Å². The predicted octanol–water partition coefficient (Wildman–Crippen LogP) is 4.70. The maximum absolute atomic E-state index is 14.0. The van der Waals surface area contributed by atoms with E-state index < -0.39 is 26.8 Å². The van der Waals surface area contributed by atoms with Gasteiger partial charge in [-0.15, -0.1) is 0 Å². The van der Waals surface area contributed by atoms with Gasteiger partial charge in [0.2, 0.25) is 10.0 Å². The summed E-state index contributed by atoms with van der Waals surface area (Å²) in [5.74, 6) is 0.592. The number of rotatable bonds is 6. The van der Waals surface area contributed by atoms with Crippen molar-refractivity contribution in [2.45, 2.75) is 74.2 Å². The lowest BCUT2D eigenvalue weighted by Crippen LogP contribution is -2.62. The highest BCUT2D eigenvalue weighted by molar-refractivity contribution is 7.90. The molecule has 6 aliphatic rings. The number of hydrogen-bond acceptors (Lipinski definition) is 11. The Morgan fingerprint density at radius 1 is 1.11 bits per heavy atom. The molecule has 1 N–H and O–H groups in total. The van der Waals surface area contributed by atoms with Crippen molar-refractivity contribution in [1.29, 1.82) is 0 Å². The lowest BCUT2D eigenvalue weighted by Gasteiger charge is -2.53. The maximum atomic E-state index is 14.0. The van der Waals surface area contributed by atoms with Crippen molar-refractivity contribution in [3.8, 4) is 5.75 Å². The first-order valence-electron chi connectivity index (χ1n) is 20.5. The van der Waals surface area contributed by atoms with Crippen molar-refractivity contribution in [2.75, 3.05) is 91.4 Å². The fourth-order valence-electron chi connectivity index (χ4n) is 10.6. The second-order valence-electron chi connectivity index (χ2n) is 17.1. The van der Waals surface area contributed by atoms with Gasteiger partial charge in [0.1, 0.15) is 11.3 Å². The number of methoxy groups -OCH3 is 2. The molecular weight excluding hydrogens is 754 g/mol. The first-order valence-corrected chi connectivity index (χ1v) is 22.4.